The quantitative estimate of drug-likeness (QED) is 0.846. The molecule has 1 N–H and O–H groups in total. The number of thiophene rings is 1. The molecule has 0 aliphatic heterocycles. The van der Waals surface area contributed by atoms with Crippen LogP contribution in [0.25, 0.3) is 0 Å². The molecule has 1 saturated carbocycles. The fraction of sp³-hybridized carbons (Fsp3) is 0.450. The molecule has 0 bridgehead atoms. The SMILES string of the molecule is CO[C@H](CNC(=O)C1(c2cccs2)CCCC1)c1ccccc1C. The molecule has 1 heterocycles. The van der Waals surface area contributed by atoms with E-state index in [0.29, 0.717) is 6.54 Å². The first-order valence-corrected chi connectivity index (χ1v) is 9.46. The van der Waals surface area contributed by atoms with Crippen LogP contribution >= 0.6 is 11.3 Å². The second-order valence-corrected chi connectivity index (χ2v) is 7.51. The van der Waals surface area contributed by atoms with Crippen molar-refractivity contribution in [3.05, 3.63) is 57.8 Å². The first-order chi connectivity index (χ1) is 11.7. The first kappa shape index (κ1) is 17.2. The largest absolute Gasteiger partial charge is 0.375 e. The summed E-state index contributed by atoms with van der Waals surface area (Å²) in [5, 5.41) is 5.24. The van der Waals surface area contributed by atoms with Gasteiger partial charge in [0, 0.05) is 18.5 Å². The number of hydrogen-bond acceptors (Lipinski definition) is 3. The Labute approximate surface area is 148 Å². The van der Waals surface area contributed by atoms with Crippen LogP contribution in [0.3, 0.4) is 0 Å². The molecule has 1 aromatic carbocycles. The number of benzene rings is 1. The van der Waals surface area contributed by atoms with Crippen molar-refractivity contribution in [1.82, 2.24) is 5.32 Å². The minimum absolute atomic E-state index is 0.114. The highest BCUT2D eigenvalue weighted by Gasteiger charge is 2.43. The van der Waals surface area contributed by atoms with Gasteiger partial charge < -0.3 is 10.1 Å². The Morgan fingerprint density at radius 1 is 1.25 bits per heavy atom. The zero-order valence-corrected chi connectivity index (χ0v) is 15.2. The van der Waals surface area contributed by atoms with E-state index in [0.717, 1.165) is 31.2 Å². The topological polar surface area (TPSA) is 38.3 Å². The van der Waals surface area contributed by atoms with Gasteiger partial charge in [-0.05, 0) is 42.3 Å². The van der Waals surface area contributed by atoms with E-state index in [-0.39, 0.29) is 17.4 Å². The van der Waals surface area contributed by atoms with E-state index < -0.39 is 0 Å². The van der Waals surface area contributed by atoms with Gasteiger partial charge in [0.25, 0.3) is 0 Å². The number of nitrogens with one attached hydrogen (secondary N) is 1. The number of carbonyl (C=O) groups excluding carboxylic acids is 1. The first-order valence-electron chi connectivity index (χ1n) is 8.58. The predicted octanol–water partition coefficient (Wildman–Crippen LogP) is 4.37. The minimum atomic E-state index is -0.335. The zero-order chi connectivity index (χ0) is 17.0. The van der Waals surface area contributed by atoms with Crippen molar-refractivity contribution in [1.29, 1.82) is 0 Å². The Morgan fingerprint density at radius 3 is 2.62 bits per heavy atom. The van der Waals surface area contributed by atoms with Gasteiger partial charge in [-0.2, -0.15) is 0 Å². The molecule has 1 amide bonds. The van der Waals surface area contributed by atoms with Crippen LogP contribution in [-0.2, 0) is 14.9 Å². The maximum Gasteiger partial charge on any atom is 0.231 e. The molecule has 0 saturated heterocycles. The number of carbonyl (C=O) groups is 1. The molecule has 2 aromatic rings. The van der Waals surface area contributed by atoms with Crippen LogP contribution in [0.5, 0.6) is 0 Å². The molecule has 1 aromatic heterocycles. The smallest absolute Gasteiger partial charge is 0.231 e. The molecule has 0 spiro atoms. The van der Waals surface area contributed by atoms with E-state index in [1.54, 1.807) is 18.4 Å². The summed E-state index contributed by atoms with van der Waals surface area (Å²) in [6, 6.07) is 12.3. The highest BCUT2D eigenvalue weighted by atomic mass is 32.1. The third-order valence-corrected chi connectivity index (χ3v) is 6.23. The van der Waals surface area contributed by atoms with Crippen molar-refractivity contribution in [3.63, 3.8) is 0 Å². The highest BCUT2D eigenvalue weighted by molar-refractivity contribution is 7.10. The van der Waals surface area contributed by atoms with Gasteiger partial charge in [0.15, 0.2) is 0 Å². The number of hydrogen-bond donors (Lipinski definition) is 1. The molecule has 0 radical (unpaired) electrons. The normalized spacial score (nSPS) is 17.6. The summed E-state index contributed by atoms with van der Waals surface area (Å²) in [7, 11) is 1.70. The number of ether oxygens (including phenoxy) is 1. The maximum atomic E-state index is 13.0. The van der Waals surface area contributed by atoms with Gasteiger partial charge in [-0.15, -0.1) is 11.3 Å². The van der Waals surface area contributed by atoms with Crippen LogP contribution in [0.1, 0.15) is 47.8 Å². The van der Waals surface area contributed by atoms with E-state index in [4.69, 9.17) is 4.74 Å². The molecule has 128 valence electrons. The van der Waals surface area contributed by atoms with E-state index in [9.17, 15) is 4.79 Å². The monoisotopic (exact) mass is 343 g/mol. The van der Waals surface area contributed by atoms with Crippen molar-refractivity contribution in [2.45, 2.75) is 44.1 Å². The predicted molar refractivity (Wildman–Crippen MR) is 98.4 cm³/mol. The van der Waals surface area contributed by atoms with Crippen LogP contribution < -0.4 is 5.32 Å². The lowest BCUT2D eigenvalue weighted by Crippen LogP contribution is -2.43. The molecular weight excluding hydrogens is 318 g/mol. The van der Waals surface area contributed by atoms with Crippen molar-refractivity contribution < 1.29 is 9.53 Å². The van der Waals surface area contributed by atoms with Gasteiger partial charge in [0.1, 0.15) is 0 Å². The van der Waals surface area contributed by atoms with E-state index in [1.807, 2.05) is 18.2 Å². The van der Waals surface area contributed by atoms with Crippen LogP contribution in [0.15, 0.2) is 41.8 Å². The standard InChI is InChI=1S/C20H25NO2S/c1-15-8-3-4-9-16(15)17(23-2)14-21-19(22)20(11-5-6-12-20)18-10-7-13-24-18/h3-4,7-10,13,17H,5-6,11-12,14H2,1-2H3,(H,21,22)/t17-/m1/s1. The minimum Gasteiger partial charge on any atom is -0.375 e. The van der Waals surface area contributed by atoms with Crippen LogP contribution in [0.2, 0.25) is 0 Å². The molecular formula is C20H25NO2S. The van der Waals surface area contributed by atoms with Crippen molar-refractivity contribution >= 4 is 17.2 Å². The zero-order valence-electron chi connectivity index (χ0n) is 14.4. The van der Waals surface area contributed by atoms with Crippen LogP contribution in [0, 0.1) is 6.92 Å². The fourth-order valence-electron chi connectivity index (χ4n) is 3.74. The second-order valence-electron chi connectivity index (χ2n) is 6.56. The highest BCUT2D eigenvalue weighted by Crippen LogP contribution is 2.43. The van der Waals surface area contributed by atoms with Crippen LogP contribution in [-0.4, -0.2) is 19.6 Å². The summed E-state index contributed by atoms with van der Waals surface area (Å²) in [6.45, 7) is 2.58. The van der Waals surface area contributed by atoms with E-state index >= 15 is 0 Å². The average Bonchev–Trinajstić information content (AvgIpc) is 3.28. The molecule has 4 heteroatoms. The lowest BCUT2D eigenvalue weighted by molar-refractivity contribution is -0.127. The molecule has 24 heavy (non-hydrogen) atoms. The van der Waals surface area contributed by atoms with Crippen molar-refractivity contribution in [3.8, 4) is 0 Å². The molecule has 1 aliphatic rings. The van der Waals surface area contributed by atoms with Crippen molar-refractivity contribution in [2.24, 2.45) is 0 Å². The number of aryl methyl sites for hydroxylation is 1. The Hall–Kier alpha value is -1.65. The lowest BCUT2D eigenvalue weighted by atomic mass is 9.83. The number of rotatable bonds is 6. The summed E-state index contributed by atoms with van der Waals surface area (Å²) in [5.41, 5.74) is 1.99. The summed E-state index contributed by atoms with van der Waals surface area (Å²) < 4.78 is 5.64. The Morgan fingerprint density at radius 2 is 2.00 bits per heavy atom. The van der Waals surface area contributed by atoms with Gasteiger partial charge >= 0.3 is 0 Å². The Balaban J connectivity index is 1.73. The molecule has 3 rings (SSSR count). The number of methoxy groups -OCH3 is 1. The summed E-state index contributed by atoms with van der Waals surface area (Å²) in [5.74, 6) is 0.151. The van der Waals surface area contributed by atoms with E-state index in [1.165, 1.54) is 10.4 Å². The maximum absolute atomic E-state index is 13.0. The molecule has 1 aliphatic carbocycles. The fourth-order valence-corrected chi connectivity index (χ4v) is 4.72. The van der Waals surface area contributed by atoms with Gasteiger partial charge in [0.2, 0.25) is 5.91 Å². The Kier molecular flexibility index (Phi) is 5.36. The molecule has 1 fully saturated rings. The summed E-state index contributed by atoms with van der Waals surface area (Å²) >= 11 is 1.69. The van der Waals surface area contributed by atoms with Gasteiger partial charge in [-0.1, -0.05) is 43.2 Å². The Bertz CT molecular complexity index is 675. The summed E-state index contributed by atoms with van der Waals surface area (Å²) in [6.07, 6.45) is 4.02. The van der Waals surface area contributed by atoms with Crippen LogP contribution in [0.4, 0.5) is 0 Å². The van der Waals surface area contributed by atoms with Gasteiger partial charge in [0.05, 0.1) is 11.5 Å². The molecule has 3 nitrogen and oxygen atoms in total. The number of amides is 1. The molecule has 1 atom stereocenters. The van der Waals surface area contributed by atoms with Gasteiger partial charge in [-0.25, -0.2) is 0 Å². The third-order valence-electron chi connectivity index (χ3n) is 5.15. The summed E-state index contributed by atoms with van der Waals surface area (Å²) in [4.78, 5) is 14.2. The third kappa shape index (κ3) is 3.26. The van der Waals surface area contributed by atoms with Crippen molar-refractivity contribution in [2.75, 3.05) is 13.7 Å². The second kappa shape index (κ2) is 7.49. The molecule has 0 unspecified atom stereocenters. The van der Waals surface area contributed by atoms with E-state index in [2.05, 4.69) is 35.8 Å². The lowest BCUT2D eigenvalue weighted by Gasteiger charge is -2.28. The van der Waals surface area contributed by atoms with Gasteiger partial charge in [-0.3, -0.25) is 4.79 Å². The average molecular weight is 343 g/mol.